The van der Waals surface area contributed by atoms with Crippen LogP contribution in [0.4, 0.5) is 19.1 Å². The van der Waals surface area contributed by atoms with E-state index in [2.05, 4.69) is 20.0 Å². The largest absolute Gasteiger partial charge is 0.483 e. The zero-order chi connectivity index (χ0) is 26.6. The molecule has 1 N–H and O–H groups in total. The zero-order valence-electron chi connectivity index (χ0n) is 20.5. The van der Waals surface area contributed by atoms with Crippen LogP contribution in [-0.4, -0.2) is 89.2 Å². The highest BCUT2D eigenvalue weighted by Crippen LogP contribution is 2.33. The van der Waals surface area contributed by atoms with Gasteiger partial charge in [-0.15, -0.1) is 0 Å². The van der Waals surface area contributed by atoms with Gasteiger partial charge in [-0.3, -0.25) is 9.59 Å². The minimum absolute atomic E-state index is 0.0604. The number of rotatable bonds is 9. The Bertz CT molecular complexity index is 1120. The van der Waals surface area contributed by atoms with E-state index in [-0.39, 0.29) is 25.2 Å². The van der Waals surface area contributed by atoms with E-state index in [0.29, 0.717) is 18.9 Å². The normalized spacial score (nSPS) is 19.9. The molecule has 2 saturated heterocycles. The molecular formula is C23H29F3N6O5. The van der Waals surface area contributed by atoms with Gasteiger partial charge in [0.05, 0.1) is 19.4 Å². The van der Waals surface area contributed by atoms with Crippen molar-refractivity contribution in [1.82, 2.24) is 25.1 Å². The number of nitrogens with zero attached hydrogens (tertiary/aromatic N) is 5. The molecule has 1 unspecified atom stereocenters. The summed E-state index contributed by atoms with van der Waals surface area (Å²) in [6.07, 6.45) is -0.345. The predicted molar refractivity (Wildman–Crippen MR) is 124 cm³/mol. The standard InChI is InChI=1S/C23H29F3N6O5/c1-14-9-27-22(28-10-14)31-6-3-15(4-7-31)32-8-5-17(21(32)34)36-13-16(12-35-2)37-18-11-29-30-20(33)19(18)23(24,25)26/h9-11,15-17H,3-8,12-13H2,1-2H3,(H,30,33)/t16?,17-/m1/s1. The number of carbonyl (C=O) groups is 1. The van der Waals surface area contributed by atoms with E-state index in [4.69, 9.17) is 14.2 Å². The van der Waals surface area contributed by atoms with Crippen LogP contribution in [0.5, 0.6) is 5.75 Å². The quantitative estimate of drug-likeness (QED) is 0.519. The maximum Gasteiger partial charge on any atom is 0.425 e. The molecule has 4 heterocycles. The molecule has 2 fully saturated rings. The minimum Gasteiger partial charge on any atom is -0.483 e. The summed E-state index contributed by atoms with van der Waals surface area (Å²) in [6.45, 7) is 3.58. The second-order valence-electron chi connectivity index (χ2n) is 9.05. The molecule has 0 aromatic carbocycles. The number of methoxy groups -OCH3 is 1. The SMILES string of the molecule is COCC(CO[C@@H]1CCN(C2CCN(c3ncc(C)cn3)CC2)C1=O)Oc1cn[nH]c(=O)c1C(F)(F)F. The topological polar surface area (TPSA) is 123 Å². The van der Waals surface area contributed by atoms with Gasteiger partial charge >= 0.3 is 6.18 Å². The van der Waals surface area contributed by atoms with E-state index >= 15 is 0 Å². The molecule has 14 heteroatoms. The first-order valence-corrected chi connectivity index (χ1v) is 11.9. The van der Waals surface area contributed by atoms with Crippen molar-refractivity contribution in [2.45, 2.75) is 50.6 Å². The van der Waals surface area contributed by atoms with Crippen LogP contribution < -0.4 is 15.2 Å². The van der Waals surface area contributed by atoms with Gasteiger partial charge in [-0.1, -0.05) is 0 Å². The van der Waals surface area contributed by atoms with Crippen LogP contribution in [0.3, 0.4) is 0 Å². The van der Waals surface area contributed by atoms with E-state index in [0.717, 1.165) is 37.7 Å². The fraction of sp³-hybridized carbons (Fsp3) is 0.609. The number of hydrogen-bond acceptors (Lipinski definition) is 9. The summed E-state index contributed by atoms with van der Waals surface area (Å²) in [4.78, 5) is 37.4. The number of aromatic nitrogens is 4. The minimum atomic E-state index is -4.94. The molecule has 4 rings (SSSR count). The Morgan fingerprint density at radius 3 is 2.43 bits per heavy atom. The number of aromatic amines is 1. The van der Waals surface area contributed by atoms with Gasteiger partial charge in [0.1, 0.15) is 12.2 Å². The van der Waals surface area contributed by atoms with Gasteiger partial charge in [-0.25, -0.2) is 15.1 Å². The predicted octanol–water partition coefficient (Wildman–Crippen LogP) is 1.57. The van der Waals surface area contributed by atoms with Gasteiger partial charge in [0.25, 0.3) is 11.5 Å². The summed E-state index contributed by atoms with van der Waals surface area (Å²) >= 11 is 0. The third-order valence-electron chi connectivity index (χ3n) is 6.38. The van der Waals surface area contributed by atoms with E-state index in [1.54, 1.807) is 17.5 Å². The average Bonchev–Trinajstić information content (AvgIpc) is 3.22. The first-order chi connectivity index (χ1) is 17.7. The number of hydrogen-bond donors (Lipinski definition) is 1. The Morgan fingerprint density at radius 1 is 1.08 bits per heavy atom. The van der Waals surface area contributed by atoms with Crippen molar-refractivity contribution in [3.8, 4) is 5.75 Å². The van der Waals surface area contributed by atoms with Gasteiger partial charge in [0, 0.05) is 51.6 Å². The number of amides is 1. The summed E-state index contributed by atoms with van der Waals surface area (Å²) in [5.41, 5.74) is -1.92. The van der Waals surface area contributed by atoms with Crippen LogP contribution in [-0.2, 0) is 20.4 Å². The molecule has 37 heavy (non-hydrogen) atoms. The van der Waals surface area contributed by atoms with Crippen LogP contribution in [0.1, 0.15) is 30.4 Å². The molecule has 2 aromatic rings. The van der Waals surface area contributed by atoms with Gasteiger partial charge in [0.15, 0.2) is 11.3 Å². The van der Waals surface area contributed by atoms with E-state index in [1.165, 1.54) is 7.11 Å². The van der Waals surface area contributed by atoms with Crippen LogP contribution in [0.15, 0.2) is 23.4 Å². The smallest absolute Gasteiger partial charge is 0.425 e. The molecule has 0 bridgehead atoms. The molecule has 2 aromatic heterocycles. The molecule has 0 saturated carbocycles. The first-order valence-electron chi connectivity index (χ1n) is 11.9. The summed E-state index contributed by atoms with van der Waals surface area (Å²) in [5.74, 6) is -0.216. The highest BCUT2D eigenvalue weighted by atomic mass is 19.4. The van der Waals surface area contributed by atoms with E-state index in [1.807, 2.05) is 11.8 Å². The molecule has 2 aliphatic rings. The van der Waals surface area contributed by atoms with Crippen LogP contribution in [0.25, 0.3) is 0 Å². The lowest BCUT2D eigenvalue weighted by Gasteiger charge is -2.36. The maximum atomic E-state index is 13.3. The van der Waals surface area contributed by atoms with Crippen molar-refractivity contribution in [3.63, 3.8) is 0 Å². The third kappa shape index (κ3) is 6.36. The van der Waals surface area contributed by atoms with Crippen LogP contribution >= 0.6 is 0 Å². The second-order valence-corrected chi connectivity index (χ2v) is 9.05. The van der Waals surface area contributed by atoms with Gasteiger partial charge in [-0.05, 0) is 25.3 Å². The Hall–Kier alpha value is -3.26. The Morgan fingerprint density at radius 2 is 1.78 bits per heavy atom. The molecule has 202 valence electrons. The lowest BCUT2D eigenvalue weighted by Crippen LogP contribution is -2.47. The molecule has 1 amide bonds. The summed E-state index contributed by atoms with van der Waals surface area (Å²) < 4.78 is 56.2. The number of piperidine rings is 1. The van der Waals surface area contributed by atoms with Crippen molar-refractivity contribution < 1.29 is 32.2 Å². The van der Waals surface area contributed by atoms with Gasteiger partial charge < -0.3 is 24.0 Å². The van der Waals surface area contributed by atoms with Crippen LogP contribution in [0.2, 0.25) is 0 Å². The third-order valence-corrected chi connectivity index (χ3v) is 6.38. The lowest BCUT2D eigenvalue weighted by molar-refractivity contribution is -0.142. The monoisotopic (exact) mass is 526 g/mol. The number of aryl methyl sites for hydroxylation is 1. The highest BCUT2D eigenvalue weighted by molar-refractivity contribution is 5.83. The Balaban J connectivity index is 1.32. The summed E-state index contributed by atoms with van der Waals surface area (Å²) in [5, 5.41) is 5.15. The average molecular weight is 527 g/mol. The van der Waals surface area contributed by atoms with E-state index in [9.17, 15) is 22.8 Å². The van der Waals surface area contributed by atoms with Crippen LogP contribution in [0, 0.1) is 6.92 Å². The molecular weight excluding hydrogens is 497 g/mol. The number of nitrogens with one attached hydrogen (secondary N) is 1. The summed E-state index contributed by atoms with van der Waals surface area (Å²) in [6, 6.07) is 0.0604. The second kappa shape index (κ2) is 11.4. The highest BCUT2D eigenvalue weighted by Gasteiger charge is 2.40. The number of likely N-dealkylation sites (tertiary alicyclic amines) is 1. The van der Waals surface area contributed by atoms with Crippen molar-refractivity contribution in [2.75, 3.05) is 44.9 Å². The number of H-pyrrole nitrogens is 1. The number of anilines is 1. The number of halogens is 3. The van der Waals surface area contributed by atoms with Crippen molar-refractivity contribution in [3.05, 3.63) is 40.1 Å². The first kappa shape index (κ1) is 26.8. The van der Waals surface area contributed by atoms with Crippen molar-refractivity contribution >= 4 is 11.9 Å². The Kier molecular flexibility index (Phi) is 8.27. The fourth-order valence-electron chi connectivity index (χ4n) is 4.56. The lowest BCUT2D eigenvalue weighted by atomic mass is 10.0. The zero-order valence-corrected chi connectivity index (χ0v) is 20.5. The van der Waals surface area contributed by atoms with Crippen molar-refractivity contribution in [2.24, 2.45) is 0 Å². The van der Waals surface area contributed by atoms with E-state index < -0.39 is 35.3 Å². The van der Waals surface area contributed by atoms with Crippen molar-refractivity contribution in [1.29, 1.82) is 0 Å². The maximum absolute atomic E-state index is 13.3. The summed E-state index contributed by atoms with van der Waals surface area (Å²) in [7, 11) is 1.35. The number of carbonyl (C=O) groups excluding carboxylic acids is 1. The molecule has 0 spiro atoms. The molecule has 2 atom stereocenters. The molecule has 11 nitrogen and oxygen atoms in total. The number of alkyl halides is 3. The molecule has 2 aliphatic heterocycles. The van der Waals surface area contributed by atoms with Gasteiger partial charge in [-0.2, -0.15) is 18.3 Å². The number of ether oxygens (including phenoxy) is 3. The molecule has 0 radical (unpaired) electrons. The Labute approximate surface area is 210 Å². The fourth-order valence-corrected chi connectivity index (χ4v) is 4.56. The molecule has 0 aliphatic carbocycles. The van der Waals surface area contributed by atoms with Gasteiger partial charge in [0.2, 0.25) is 5.95 Å².